The van der Waals surface area contributed by atoms with E-state index in [1.54, 1.807) is 24.3 Å². The van der Waals surface area contributed by atoms with Gasteiger partial charge in [-0.05, 0) is 60.1 Å². The van der Waals surface area contributed by atoms with E-state index in [1.165, 1.54) is 29.5 Å². The summed E-state index contributed by atoms with van der Waals surface area (Å²) in [6.45, 7) is 0.940. The van der Waals surface area contributed by atoms with Crippen molar-refractivity contribution in [2.24, 2.45) is 0 Å². The van der Waals surface area contributed by atoms with Crippen LogP contribution >= 0.6 is 0 Å². The number of amides is 1. The maximum absolute atomic E-state index is 14.8. The first-order chi connectivity index (χ1) is 27.8. The molecule has 0 radical (unpaired) electrons. The average molecular weight is 821 g/mol. The van der Waals surface area contributed by atoms with Crippen molar-refractivity contribution in [1.82, 2.24) is 4.31 Å². The Balaban J connectivity index is 1.37. The van der Waals surface area contributed by atoms with Crippen molar-refractivity contribution < 1.29 is 49.4 Å². The number of esters is 1. The molecule has 5 aromatic carbocycles. The molecule has 6 rings (SSSR count). The number of ether oxygens (including phenoxy) is 2. The van der Waals surface area contributed by atoms with E-state index in [2.05, 4.69) is 0 Å². The topological polar surface area (TPSA) is 93.2 Å². The van der Waals surface area contributed by atoms with Crippen LogP contribution in [0.4, 0.5) is 27.6 Å². The molecule has 0 heterocycles. The lowest BCUT2D eigenvalue weighted by molar-refractivity contribution is -0.121. The molecule has 1 saturated carbocycles. The molecular formula is C44H41F5N2O6S. The van der Waals surface area contributed by atoms with Crippen LogP contribution < -0.4 is 9.64 Å². The van der Waals surface area contributed by atoms with Gasteiger partial charge in [-0.3, -0.25) is 4.79 Å². The van der Waals surface area contributed by atoms with Crippen LogP contribution in [-0.2, 0) is 39.3 Å². The fourth-order valence-electron chi connectivity index (χ4n) is 6.86. The zero-order valence-corrected chi connectivity index (χ0v) is 32.6. The second-order valence-electron chi connectivity index (χ2n) is 14.1. The maximum Gasteiger partial charge on any atom is 0.342 e. The molecule has 0 saturated heterocycles. The predicted octanol–water partition coefficient (Wildman–Crippen LogP) is 9.61. The first-order valence-corrected chi connectivity index (χ1v) is 20.1. The number of sulfonamides is 1. The highest BCUT2D eigenvalue weighted by Gasteiger charge is 2.40. The number of benzene rings is 5. The van der Waals surface area contributed by atoms with E-state index in [-0.39, 0.29) is 41.1 Å². The number of rotatable bonds is 14. The first kappa shape index (κ1) is 42.0. The molecule has 1 fully saturated rings. The van der Waals surface area contributed by atoms with Crippen molar-refractivity contribution in [2.75, 3.05) is 11.9 Å². The van der Waals surface area contributed by atoms with Crippen LogP contribution in [0.15, 0.2) is 108 Å². The lowest BCUT2D eigenvalue weighted by Crippen LogP contribution is -2.48. The molecule has 5 aromatic rings. The Kier molecular flexibility index (Phi) is 13.3. The van der Waals surface area contributed by atoms with E-state index >= 15 is 0 Å². The lowest BCUT2D eigenvalue weighted by atomic mass is 9.84. The molecule has 0 bridgehead atoms. The summed E-state index contributed by atoms with van der Waals surface area (Å²) >= 11 is 0. The largest absolute Gasteiger partial charge is 0.488 e. The van der Waals surface area contributed by atoms with E-state index in [4.69, 9.17) is 9.47 Å². The molecule has 58 heavy (non-hydrogen) atoms. The smallest absolute Gasteiger partial charge is 0.342 e. The van der Waals surface area contributed by atoms with E-state index in [0.29, 0.717) is 11.5 Å². The summed E-state index contributed by atoms with van der Waals surface area (Å²) in [6, 6.07) is 28.2. The molecular weight excluding hydrogens is 780 g/mol. The fraction of sp³-hybridized carbons (Fsp3) is 0.273. The van der Waals surface area contributed by atoms with Crippen LogP contribution in [-0.4, -0.2) is 37.7 Å². The van der Waals surface area contributed by atoms with Crippen molar-refractivity contribution in [1.29, 1.82) is 0 Å². The van der Waals surface area contributed by atoms with E-state index < -0.39 is 61.9 Å². The standard InChI is InChI=1S/C44H41F5N2O6S/c1-28(50(2)58(54,55)42-40(48)38(46)37(45)39(47)41(42)49)43(52)51(25-29-18-20-33(21-19-29)32-16-10-5-11-17-32)34-22-23-35(44(53)57-27-31-14-8-4-9-15-31)36(24-34)56-26-30-12-6-3-7-13-30/h3-4,6-9,12-15,18-24,28,32H,5,10-11,16-17,25-27H2,1-2H3/t28-/m1/s1. The first-order valence-electron chi connectivity index (χ1n) is 18.7. The van der Waals surface area contributed by atoms with Crippen LogP contribution in [0, 0.1) is 29.1 Å². The fourth-order valence-corrected chi connectivity index (χ4v) is 8.28. The molecule has 1 aliphatic carbocycles. The van der Waals surface area contributed by atoms with Gasteiger partial charge in [0, 0.05) is 18.8 Å². The monoisotopic (exact) mass is 820 g/mol. The van der Waals surface area contributed by atoms with Crippen LogP contribution in [0.3, 0.4) is 0 Å². The Labute approximate surface area is 333 Å². The van der Waals surface area contributed by atoms with Gasteiger partial charge in [-0.25, -0.2) is 35.2 Å². The van der Waals surface area contributed by atoms with Gasteiger partial charge in [-0.1, -0.05) is 104 Å². The lowest BCUT2D eigenvalue weighted by Gasteiger charge is -2.31. The number of carbonyl (C=O) groups is 2. The van der Waals surface area contributed by atoms with Gasteiger partial charge in [0.1, 0.15) is 30.6 Å². The molecule has 0 aromatic heterocycles. The van der Waals surface area contributed by atoms with E-state index in [1.807, 2.05) is 60.7 Å². The van der Waals surface area contributed by atoms with Gasteiger partial charge >= 0.3 is 5.97 Å². The normalized spacial score (nSPS) is 13.9. The summed E-state index contributed by atoms with van der Waals surface area (Å²) in [4.78, 5) is 27.1. The number of halogens is 5. The molecule has 0 unspecified atom stereocenters. The third-order valence-corrected chi connectivity index (χ3v) is 12.3. The quantitative estimate of drug-likeness (QED) is 0.0480. The summed E-state index contributed by atoms with van der Waals surface area (Å²) in [6.07, 6.45) is 5.53. The molecule has 14 heteroatoms. The number of nitrogens with zero attached hydrogens (tertiary/aromatic N) is 2. The molecule has 1 aliphatic rings. The summed E-state index contributed by atoms with van der Waals surface area (Å²) < 4.78 is 111. The van der Waals surface area contributed by atoms with Crippen LogP contribution in [0.5, 0.6) is 5.75 Å². The SMILES string of the molecule is C[C@H](C(=O)N(Cc1ccc(C2CCCCC2)cc1)c1ccc(C(=O)OCc2ccccc2)c(OCc2ccccc2)c1)N(C)S(=O)(=O)c1c(F)c(F)c(F)c(F)c1F. The second kappa shape index (κ2) is 18.3. The summed E-state index contributed by atoms with van der Waals surface area (Å²) in [5.41, 5.74) is 3.43. The number of anilines is 1. The van der Waals surface area contributed by atoms with Crippen molar-refractivity contribution in [2.45, 2.75) is 75.6 Å². The third kappa shape index (κ3) is 9.24. The number of likely N-dealkylation sites (N-methyl/N-ethyl adjacent to an activating group) is 1. The van der Waals surface area contributed by atoms with Crippen molar-refractivity contribution in [3.05, 3.63) is 160 Å². The Morgan fingerprint density at radius 2 is 1.26 bits per heavy atom. The van der Waals surface area contributed by atoms with E-state index in [0.717, 1.165) is 56.3 Å². The highest BCUT2D eigenvalue weighted by Crippen LogP contribution is 2.35. The van der Waals surface area contributed by atoms with Crippen molar-refractivity contribution in [3.63, 3.8) is 0 Å². The Morgan fingerprint density at radius 3 is 1.84 bits per heavy atom. The second-order valence-corrected chi connectivity index (χ2v) is 16.0. The maximum atomic E-state index is 14.8. The Morgan fingerprint density at radius 1 is 0.707 bits per heavy atom. The van der Waals surface area contributed by atoms with Gasteiger partial charge < -0.3 is 14.4 Å². The molecule has 0 aliphatic heterocycles. The highest BCUT2D eigenvalue weighted by molar-refractivity contribution is 7.89. The summed E-state index contributed by atoms with van der Waals surface area (Å²) in [5.74, 6) is -13.8. The van der Waals surface area contributed by atoms with Crippen molar-refractivity contribution in [3.8, 4) is 5.75 Å². The summed E-state index contributed by atoms with van der Waals surface area (Å²) in [5, 5.41) is 0. The minimum absolute atomic E-state index is 0.0130. The molecule has 0 spiro atoms. The molecule has 0 N–H and O–H groups in total. The van der Waals surface area contributed by atoms with Gasteiger partial charge in [0.2, 0.25) is 21.7 Å². The Hall–Kier alpha value is -5.60. The van der Waals surface area contributed by atoms with Crippen LogP contribution in [0.25, 0.3) is 0 Å². The zero-order valence-electron chi connectivity index (χ0n) is 31.8. The van der Waals surface area contributed by atoms with Crippen LogP contribution in [0.1, 0.15) is 77.6 Å². The van der Waals surface area contributed by atoms with Gasteiger partial charge in [-0.2, -0.15) is 4.31 Å². The molecule has 8 nitrogen and oxygen atoms in total. The number of hydrogen-bond donors (Lipinski definition) is 0. The predicted molar refractivity (Wildman–Crippen MR) is 207 cm³/mol. The van der Waals surface area contributed by atoms with Crippen LogP contribution in [0.2, 0.25) is 0 Å². The zero-order chi connectivity index (χ0) is 41.6. The number of carbonyl (C=O) groups excluding carboxylic acids is 2. The summed E-state index contributed by atoms with van der Waals surface area (Å²) in [7, 11) is -4.71. The molecule has 304 valence electrons. The van der Waals surface area contributed by atoms with E-state index in [9.17, 15) is 40.0 Å². The van der Waals surface area contributed by atoms with Gasteiger partial charge in [-0.15, -0.1) is 0 Å². The minimum atomic E-state index is -5.50. The van der Waals surface area contributed by atoms with Gasteiger partial charge in [0.25, 0.3) is 0 Å². The molecule has 1 amide bonds. The van der Waals surface area contributed by atoms with Crippen molar-refractivity contribution >= 4 is 27.6 Å². The van der Waals surface area contributed by atoms with Gasteiger partial charge in [0.15, 0.2) is 28.2 Å². The van der Waals surface area contributed by atoms with Gasteiger partial charge in [0.05, 0.1) is 6.54 Å². The average Bonchev–Trinajstić information content (AvgIpc) is 3.25. The Bertz CT molecular complexity index is 2330. The third-order valence-electron chi connectivity index (χ3n) is 10.3. The number of hydrogen-bond acceptors (Lipinski definition) is 6. The minimum Gasteiger partial charge on any atom is -0.488 e. The highest BCUT2D eigenvalue weighted by atomic mass is 32.2. The molecule has 1 atom stereocenters.